The molecule has 0 saturated carbocycles. The lowest BCUT2D eigenvalue weighted by atomic mass is 10.2. The van der Waals surface area contributed by atoms with Crippen LogP contribution in [0.2, 0.25) is 0 Å². The highest BCUT2D eigenvalue weighted by atomic mass is 16.2. The summed E-state index contributed by atoms with van der Waals surface area (Å²) in [5.74, 6) is 0.541. The highest BCUT2D eigenvalue weighted by Gasteiger charge is 1.98. The molecule has 4 N–H and O–H groups in total. The van der Waals surface area contributed by atoms with Crippen LogP contribution in [0.5, 0.6) is 0 Å². The first-order valence-corrected chi connectivity index (χ1v) is 4.90. The quantitative estimate of drug-likeness (QED) is 0.688. The van der Waals surface area contributed by atoms with Crippen molar-refractivity contribution < 1.29 is 5.11 Å². The Kier molecular flexibility index (Phi) is 4.63. The van der Waals surface area contributed by atoms with Crippen LogP contribution >= 0.6 is 0 Å². The van der Waals surface area contributed by atoms with Gasteiger partial charge < -0.3 is 16.2 Å². The van der Waals surface area contributed by atoms with Gasteiger partial charge in [-0.2, -0.15) is 0 Å². The average Bonchev–Trinajstić information content (AvgIpc) is 2.31. The molecular weight excluding hydrogens is 204 g/mol. The van der Waals surface area contributed by atoms with Gasteiger partial charge in [-0.15, -0.1) is 0 Å². The van der Waals surface area contributed by atoms with Crippen LogP contribution in [0, 0.1) is 0 Å². The largest absolute Gasteiger partial charge is 0.400 e. The number of pyridine rings is 2. The van der Waals surface area contributed by atoms with Crippen LogP contribution in [0.15, 0.2) is 24.4 Å². The van der Waals surface area contributed by atoms with Gasteiger partial charge in [0.15, 0.2) is 0 Å². The monoisotopic (exact) mass is 220 g/mol. The second-order valence-corrected chi connectivity index (χ2v) is 3.13. The van der Waals surface area contributed by atoms with Crippen molar-refractivity contribution in [3.05, 3.63) is 30.1 Å². The molecular formula is C11H16N4O. The molecule has 5 nitrogen and oxygen atoms in total. The molecule has 2 heterocycles. The molecule has 0 fully saturated rings. The van der Waals surface area contributed by atoms with Crippen molar-refractivity contribution in [2.75, 3.05) is 19.9 Å². The number of anilines is 1. The minimum atomic E-state index is 0.541. The van der Waals surface area contributed by atoms with Crippen molar-refractivity contribution in [1.29, 1.82) is 0 Å². The summed E-state index contributed by atoms with van der Waals surface area (Å²) < 4.78 is 0. The molecule has 0 aliphatic carbocycles. The first kappa shape index (κ1) is 12.4. The first-order chi connectivity index (χ1) is 7.79. The minimum absolute atomic E-state index is 0.541. The number of rotatable bonds is 2. The topological polar surface area (TPSA) is 84.1 Å². The average molecular weight is 220 g/mol. The fourth-order valence-electron chi connectivity index (χ4n) is 1.35. The SMILES string of the molecule is CNCc1cc2nc(N)ccc2cn1.CO. The van der Waals surface area contributed by atoms with Crippen LogP contribution in [0.25, 0.3) is 10.9 Å². The summed E-state index contributed by atoms with van der Waals surface area (Å²) in [6.07, 6.45) is 1.81. The predicted molar refractivity (Wildman–Crippen MR) is 64.9 cm³/mol. The molecule has 0 atom stereocenters. The Morgan fingerprint density at radius 3 is 2.81 bits per heavy atom. The highest BCUT2D eigenvalue weighted by Crippen LogP contribution is 2.13. The number of aliphatic hydroxyl groups is 1. The maximum Gasteiger partial charge on any atom is 0.124 e. The Bertz CT molecular complexity index is 459. The van der Waals surface area contributed by atoms with E-state index in [1.54, 1.807) is 6.07 Å². The number of nitrogen functional groups attached to an aromatic ring is 1. The van der Waals surface area contributed by atoms with E-state index in [1.165, 1.54) is 0 Å². The molecule has 0 bridgehead atoms. The summed E-state index contributed by atoms with van der Waals surface area (Å²) in [4.78, 5) is 8.51. The molecule has 86 valence electrons. The number of nitrogens with zero attached hydrogens (tertiary/aromatic N) is 2. The van der Waals surface area contributed by atoms with Crippen LogP contribution in [0.4, 0.5) is 5.82 Å². The van der Waals surface area contributed by atoms with Crippen molar-refractivity contribution in [3.63, 3.8) is 0 Å². The van der Waals surface area contributed by atoms with Crippen LogP contribution in [-0.2, 0) is 6.54 Å². The zero-order chi connectivity index (χ0) is 12.0. The first-order valence-electron chi connectivity index (χ1n) is 4.90. The number of aliphatic hydroxyl groups excluding tert-OH is 1. The van der Waals surface area contributed by atoms with Gasteiger partial charge in [0.05, 0.1) is 11.2 Å². The Morgan fingerprint density at radius 1 is 1.38 bits per heavy atom. The molecule has 0 radical (unpaired) electrons. The zero-order valence-corrected chi connectivity index (χ0v) is 9.44. The van der Waals surface area contributed by atoms with Gasteiger partial charge in [-0.05, 0) is 25.2 Å². The van der Waals surface area contributed by atoms with E-state index in [0.717, 1.165) is 30.3 Å². The lowest BCUT2D eigenvalue weighted by Crippen LogP contribution is -2.06. The van der Waals surface area contributed by atoms with Crippen molar-refractivity contribution in [1.82, 2.24) is 15.3 Å². The Balaban J connectivity index is 0.000000606. The molecule has 16 heavy (non-hydrogen) atoms. The maximum atomic E-state index is 7.00. The van der Waals surface area contributed by atoms with Gasteiger partial charge in [-0.3, -0.25) is 4.98 Å². The molecule has 0 spiro atoms. The van der Waals surface area contributed by atoms with E-state index < -0.39 is 0 Å². The van der Waals surface area contributed by atoms with Crippen molar-refractivity contribution >= 4 is 16.7 Å². The van der Waals surface area contributed by atoms with Gasteiger partial charge in [-0.25, -0.2) is 4.98 Å². The van der Waals surface area contributed by atoms with Gasteiger partial charge in [0.1, 0.15) is 5.82 Å². The molecule has 2 aromatic heterocycles. The summed E-state index contributed by atoms with van der Waals surface area (Å²) in [6, 6.07) is 5.65. The molecule has 0 amide bonds. The normalized spacial score (nSPS) is 9.69. The number of aromatic nitrogens is 2. The van der Waals surface area contributed by atoms with E-state index in [1.807, 2.05) is 25.4 Å². The van der Waals surface area contributed by atoms with E-state index in [0.29, 0.717) is 5.82 Å². The van der Waals surface area contributed by atoms with Crippen molar-refractivity contribution in [2.24, 2.45) is 0 Å². The van der Waals surface area contributed by atoms with Crippen LogP contribution in [0.1, 0.15) is 5.69 Å². The summed E-state index contributed by atoms with van der Waals surface area (Å²) in [7, 11) is 2.89. The number of fused-ring (bicyclic) bond motifs is 1. The van der Waals surface area contributed by atoms with Gasteiger partial charge >= 0.3 is 0 Å². The minimum Gasteiger partial charge on any atom is -0.400 e. The molecule has 0 saturated heterocycles. The number of nitrogens with one attached hydrogen (secondary N) is 1. The van der Waals surface area contributed by atoms with Gasteiger partial charge in [-0.1, -0.05) is 0 Å². The lowest BCUT2D eigenvalue weighted by Gasteiger charge is -2.01. The molecule has 5 heteroatoms. The summed E-state index contributed by atoms with van der Waals surface area (Å²) >= 11 is 0. The second-order valence-electron chi connectivity index (χ2n) is 3.13. The lowest BCUT2D eigenvalue weighted by molar-refractivity contribution is 0.399. The Hall–Kier alpha value is -1.72. The molecule has 2 aromatic rings. The number of hydrogen-bond acceptors (Lipinski definition) is 5. The van der Waals surface area contributed by atoms with E-state index in [4.69, 9.17) is 10.8 Å². The molecule has 0 aromatic carbocycles. The predicted octanol–water partition coefficient (Wildman–Crippen LogP) is 0.540. The van der Waals surface area contributed by atoms with Crippen LogP contribution in [-0.4, -0.2) is 29.2 Å². The van der Waals surface area contributed by atoms with Crippen LogP contribution in [0.3, 0.4) is 0 Å². The third-order valence-electron chi connectivity index (χ3n) is 2.01. The third-order valence-corrected chi connectivity index (χ3v) is 2.01. The molecule has 0 aliphatic heterocycles. The van der Waals surface area contributed by atoms with Gasteiger partial charge in [0.25, 0.3) is 0 Å². The van der Waals surface area contributed by atoms with E-state index in [-0.39, 0.29) is 0 Å². The second kappa shape index (κ2) is 5.99. The zero-order valence-electron chi connectivity index (χ0n) is 9.44. The molecule has 0 unspecified atom stereocenters. The third kappa shape index (κ3) is 2.88. The van der Waals surface area contributed by atoms with Crippen LogP contribution < -0.4 is 11.1 Å². The molecule has 0 aliphatic rings. The highest BCUT2D eigenvalue weighted by molar-refractivity contribution is 5.79. The van der Waals surface area contributed by atoms with E-state index in [9.17, 15) is 0 Å². The van der Waals surface area contributed by atoms with E-state index >= 15 is 0 Å². The summed E-state index contributed by atoms with van der Waals surface area (Å²) in [6.45, 7) is 0.742. The van der Waals surface area contributed by atoms with Gasteiger partial charge in [0.2, 0.25) is 0 Å². The van der Waals surface area contributed by atoms with Crippen molar-refractivity contribution in [2.45, 2.75) is 6.54 Å². The van der Waals surface area contributed by atoms with Gasteiger partial charge in [0, 0.05) is 25.2 Å². The smallest absolute Gasteiger partial charge is 0.124 e. The summed E-state index contributed by atoms with van der Waals surface area (Å²) in [5, 5.41) is 11.1. The number of nitrogens with two attached hydrogens (primary N) is 1. The summed E-state index contributed by atoms with van der Waals surface area (Å²) in [5.41, 5.74) is 7.46. The standard InChI is InChI=1S/C10H12N4.CH4O/c1-12-6-8-4-9-7(5-13-8)2-3-10(11)14-9;1-2/h2-5,12H,6H2,1H3,(H2,11,14);2H,1H3. The van der Waals surface area contributed by atoms with E-state index in [2.05, 4.69) is 15.3 Å². The fourth-order valence-corrected chi connectivity index (χ4v) is 1.35. The number of hydrogen-bond donors (Lipinski definition) is 3. The molecule has 2 rings (SSSR count). The Morgan fingerprint density at radius 2 is 2.12 bits per heavy atom. The fraction of sp³-hybridized carbons (Fsp3) is 0.273. The van der Waals surface area contributed by atoms with Crippen molar-refractivity contribution in [3.8, 4) is 0 Å². The Labute approximate surface area is 94.3 Å². The maximum absolute atomic E-state index is 7.00.